The van der Waals surface area contributed by atoms with E-state index in [0.717, 1.165) is 27.9 Å². The Balaban J connectivity index is 1.96. The number of amides is 2. The van der Waals surface area contributed by atoms with Crippen LogP contribution >= 0.6 is 11.6 Å². The molecule has 31 heavy (non-hydrogen) atoms. The van der Waals surface area contributed by atoms with Crippen LogP contribution < -0.4 is 5.32 Å². The first-order chi connectivity index (χ1) is 14.7. The summed E-state index contributed by atoms with van der Waals surface area (Å²) in [5.74, 6) is -0.607. The monoisotopic (exact) mass is 440 g/mol. The molecule has 0 saturated heterocycles. The van der Waals surface area contributed by atoms with Crippen LogP contribution in [0.5, 0.6) is 0 Å². The van der Waals surface area contributed by atoms with E-state index in [1.165, 1.54) is 4.90 Å². The highest BCUT2D eigenvalue weighted by atomic mass is 35.5. The fraction of sp³-hybridized carbons (Fsp3) is 0.360. The average molecular weight is 441 g/mol. The van der Waals surface area contributed by atoms with Gasteiger partial charge in [-0.3, -0.25) is 14.5 Å². The molecule has 2 aromatic rings. The summed E-state index contributed by atoms with van der Waals surface area (Å²) in [5.41, 5.74) is 5.26. The number of nitrogens with zero attached hydrogens (tertiary/aromatic N) is 1. The first kappa shape index (κ1) is 23.0. The van der Waals surface area contributed by atoms with E-state index in [4.69, 9.17) is 16.3 Å². The number of aryl methyl sites for hydroxylation is 3. The van der Waals surface area contributed by atoms with Crippen molar-refractivity contribution in [3.63, 3.8) is 0 Å². The van der Waals surface area contributed by atoms with Crippen LogP contribution in [0.25, 0.3) is 5.57 Å². The predicted octanol–water partition coefficient (Wildman–Crippen LogP) is 5.27. The molecule has 0 spiro atoms. The van der Waals surface area contributed by atoms with E-state index in [2.05, 4.69) is 5.32 Å². The van der Waals surface area contributed by atoms with Gasteiger partial charge in [-0.15, -0.1) is 0 Å². The first-order valence-electron chi connectivity index (χ1n) is 10.5. The molecule has 2 aromatic carbocycles. The van der Waals surface area contributed by atoms with Crippen LogP contribution in [0, 0.1) is 20.8 Å². The van der Waals surface area contributed by atoms with Crippen molar-refractivity contribution in [2.45, 2.75) is 47.1 Å². The molecule has 1 aliphatic heterocycles. The standard InChI is InChI=1S/C25H29ClN2O3/c1-15(2)31-12-6-11-28-24(29)22(19-8-7-16(3)17(4)13-19)23(25(28)30)27-21-10-9-20(26)14-18(21)5/h7-10,13-15,27H,6,11-12H2,1-5H3. The molecule has 0 bridgehead atoms. The zero-order chi connectivity index (χ0) is 22.7. The molecule has 0 aromatic heterocycles. The molecular formula is C25H29ClN2O3. The Morgan fingerprint density at radius 2 is 1.71 bits per heavy atom. The molecule has 0 aliphatic carbocycles. The van der Waals surface area contributed by atoms with Gasteiger partial charge >= 0.3 is 0 Å². The van der Waals surface area contributed by atoms with Crippen molar-refractivity contribution in [3.05, 3.63) is 69.4 Å². The highest BCUT2D eigenvalue weighted by Gasteiger charge is 2.39. The van der Waals surface area contributed by atoms with Crippen molar-refractivity contribution in [1.29, 1.82) is 0 Å². The van der Waals surface area contributed by atoms with Gasteiger partial charge in [0.2, 0.25) is 0 Å². The number of anilines is 1. The Morgan fingerprint density at radius 3 is 2.35 bits per heavy atom. The fourth-order valence-electron chi connectivity index (χ4n) is 3.50. The second-order valence-electron chi connectivity index (χ2n) is 8.17. The summed E-state index contributed by atoms with van der Waals surface area (Å²) in [4.78, 5) is 27.9. The van der Waals surface area contributed by atoms with Crippen molar-refractivity contribution >= 4 is 34.7 Å². The van der Waals surface area contributed by atoms with Gasteiger partial charge < -0.3 is 10.1 Å². The Bertz CT molecular complexity index is 1040. The number of halogens is 1. The molecule has 0 radical (unpaired) electrons. The Kier molecular flexibility index (Phi) is 7.19. The largest absolute Gasteiger partial charge is 0.379 e. The third-order valence-corrected chi connectivity index (χ3v) is 5.62. The molecule has 5 nitrogen and oxygen atoms in total. The zero-order valence-corrected chi connectivity index (χ0v) is 19.5. The number of carbonyl (C=O) groups is 2. The third-order valence-electron chi connectivity index (χ3n) is 5.39. The number of imide groups is 1. The Morgan fingerprint density at radius 1 is 0.968 bits per heavy atom. The van der Waals surface area contributed by atoms with Crippen molar-refractivity contribution in [2.24, 2.45) is 0 Å². The van der Waals surface area contributed by atoms with Gasteiger partial charge in [0.25, 0.3) is 11.8 Å². The number of ether oxygens (including phenoxy) is 1. The maximum absolute atomic E-state index is 13.3. The second-order valence-corrected chi connectivity index (χ2v) is 8.60. The van der Waals surface area contributed by atoms with Gasteiger partial charge in [0.1, 0.15) is 5.70 Å². The van der Waals surface area contributed by atoms with Crippen LogP contribution in [-0.2, 0) is 14.3 Å². The lowest BCUT2D eigenvalue weighted by Gasteiger charge is -2.16. The Labute approximate surface area is 189 Å². The lowest BCUT2D eigenvalue weighted by atomic mass is 9.99. The first-order valence-corrected chi connectivity index (χ1v) is 10.9. The number of rotatable bonds is 8. The highest BCUT2D eigenvalue weighted by Crippen LogP contribution is 2.32. The minimum atomic E-state index is -0.322. The molecule has 0 saturated carbocycles. The normalized spacial score (nSPS) is 14.2. The summed E-state index contributed by atoms with van der Waals surface area (Å²) in [5, 5.41) is 3.83. The van der Waals surface area contributed by atoms with Gasteiger partial charge in [0.15, 0.2) is 0 Å². The molecule has 0 unspecified atom stereocenters. The number of benzene rings is 2. The number of nitrogens with one attached hydrogen (secondary N) is 1. The molecule has 6 heteroatoms. The maximum atomic E-state index is 13.3. The minimum Gasteiger partial charge on any atom is -0.379 e. The van der Waals surface area contributed by atoms with Gasteiger partial charge in [-0.25, -0.2) is 0 Å². The summed E-state index contributed by atoms with van der Waals surface area (Å²) in [6.07, 6.45) is 0.697. The van der Waals surface area contributed by atoms with E-state index in [1.807, 2.05) is 65.0 Å². The van der Waals surface area contributed by atoms with Crippen LogP contribution in [-0.4, -0.2) is 36.0 Å². The lowest BCUT2D eigenvalue weighted by molar-refractivity contribution is -0.137. The van der Waals surface area contributed by atoms with Crippen LogP contribution in [0.4, 0.5) is 5.69 Å². The van der Waals surface area contributed by atoms with Crippen molar-refractivity contribution in [2.75, 3.05) is 18.5 Å². The second kappa shape index (κ2) is 9.67. The summed E-state index contributed by atoms with van der Waals surface area (Å²) < 4.78 is 5.57. The van der Waals surface area contributed by atoms with E-state index in [0.29, 0.717) is 35.9 Å². The lowest BCUT2D eigenvalue weighted by Crippen LogP contribution is -2.34. The van der Waals surface area contributed by atoms with E-state index in [-0.39, 0.29) is 17.9 Å². The quantitative estimate of drug-likeness (QED) is 0.448. The van der Waals surface area contributed by atoms with E-state index >= 15 is 0 Å². The molecule has 3 rings (SSSR count). The molecule has 1 heterocycles. The molecule has 0 atom stereocenters. The number of carbonyl (C=O) groups excluding carboxylic acids is 2. The van der Waals surface area contributed by atoms with Gasteiger partial charge in [0, 0.05) is 23.9 Å². The van der Waals surface area contributed by atoms with Crippen molar-refractivity contribution in [1.82, 2.24) is 4.90 Å². The SMILES string of the molecule is Cc1ccc(C2=C(Nc3ccc(Cl)cc3C)C(=O)N(CCCOC(C)C)C2=O)cc1C. The van der Waals surface area contributed by atoms with Crippen LogP contribution in [0.3, 0.4) is 0 Å². The summed E-state index contributed by atoms with van der Waals surface area (Å²) in [6.45, 7) is 10.7. The van der Waals surface area contributed by atoms with Crippen molar-refractivity contribution < 1.29 is 14.3 Å². The van der Waals surface area contributed by atoms with E-state index in [9.17, 15) is 9.59 Å². The van der Waals surface area contributed by atoms with Gasteiger partial charge in [-0.2, -0.15) is 0 Å². The molecule has 1 aliphatic rings. The fourth-order valence-corrected chi connectivity index (χ4v) is 3.73. The van der Waals surface area contributed by atoms with E-state index in [1.54, 1.807) is 6.07 Å². The highest BCUT2D eigenvalue weighted by molar-refractivity contribution is 6.36. The molecule has 1 N–H and O–H groups in total. The summed E-state index contributed by atoms with van der Waals surface area (Å²) >= 11 is 6.08. The topological polar surface area (TPSA) is 58.6 Å². The maximum Gasteiger partial charge on any atom is 0.278 e. The predicted molar refractivity (Wildman–Crippen MR) is 125 cm³/mol. The molecule has 0 fully saturated rings. The Hall–Kier alpha value is -2.63. The smallest absolute Gasteiger partial charge is 0.278 e. The molecule has 2 amide bonds. The molecular weight excluding hydrogens is 412 g/mol. The minimum absolute atomic E-state index is 0.110. The van der Waals surface area contributed by atoms with Crippen LogP contribution in [0.2, 0.25) is 5.02 Å². The average Bonchev–Trinajstić information content (AvgIpc) is 2.93. The summed E-state index contributed by atoms with van der Waals surface area (Å²) in [6, 6.07) is 11.2. The number of hydrogen-bond acceptors (Lipinski definition) is 4. The van der Waals surface area contributed by atoms with Crippen molar-refractivity contribution in [3.8, 4) is 0 Å². The van der Waals surface area contributed by atoms with Crippen LogP contribution in [0.1, 0.15) is 42.5 Å². The number of hydrogen-bond donors (Lipinski definition) is 1. The third kappa shape index (κ3) is 5.17. The van der Waals surface area contributed by atoms with Gasteiger partial charge in [0.05, 0.1) is 11.7 Å². The molecule has 164 valence electrons. The van der Waals surface area contributed by atoms with E-state index < -0.39 is 0 Å². The zero-order valence-electron chi connectivity index (χ0n) is 18.7. The summed E-state index contributed by atoms with van der Waals surface area (Å²) in [7, 11) is 0. The van der Waals surface area contributed by atoms with Gasteiger partial charge in [-0.05, 0) is 81.5 Å². The van der Waals surface area contributed by atoms with Crippen LogP contribution in [0.15, 0.2) is 42.1 Å². The van der Waals surface area contributed by atoms with Gasteiger partial charge in [-0.1, -0.05) is 29.8 Å².